The van der Waals surface area contributed by atoms with Gasteiger partial charge in [0, 0.05) is 25.2 Å². The molecule has 1 aliphatic rings. The van der Waals surface area contributed by atoms with Crippen molar-refractivity contribution in [2.75, 3.05) is 39.2 Å². The molecule has 0 fully saturated rings. The maximum absolute atomic E-state index is 12.3. The number of likely N-dealkylation sites (N-methyl/N-ethyl adjacent to an activating group) is 1. The van der Waals surface area contributed by atoms with E-state index >= 15 is 0 Å². The number of ether oxygens (including phenoxy) is 3. The van der Waals surface area contributed by atoms with Crippen molar-refractivity contribution in [2.45, 2.75) is 6.42 Å². The summed E-state index contributed by atoms with van der Waals surface area (Å²) in [5.74, 6) is 1.52. The Morgan fingerprint density at radius 3 is 2.55 bits per heavy atom. The summed E-state index contributed by atoms with van der Waals surface area (Å²) in [6, 6.07) is 12.5. The second-order valence-electron chi connectivity index (χ2n) is 6.56. The Labute approximate surface area is 169 Å². The third kappa shape index (κ3) is 5.75. The number of fused-ring (bicyclic) bond motifs is 1. The van der Waals surface area contributed by atoms with Crippen molar-refractivity contribution in [3.63, 3.8) is 0 Å². The molecule has 2 aromatic carbocycles. The topological polar surface area (TPSA) is 77.1 Å². The van der Waals surface area contributed by atoms with Crippen LogP contribution in [0.15, 0.2) is 48.5 Å². The zero-order chi connectivity index (χ0) is 20.6. The van der Waals surface area contributed by atoms with Gasteiger partial charge < -0.3 is 24.4 Å². The second kappa shape index (κ2) is 9.64. The smallest absolute Gasteiger partial charge is 0.246 e. The van der Waals surface area contributed by atoms with Gasteiger partial charge in [-0.3, -0.25) is 9.59 Å². The van der Waals surface area contributed by atoms with Crippen LogP contribution in [0.2, 0.25) is 0 Å². The lowest BCUT2D eigenvalue weighted by atomic mass is 10.2. The summed E-state index contributed by atoms with van der Waals surface area (Å²) >= 11 is 0. The summed E-state index contributed by atoms with van der Waals surface area (Å²) < 4.78 is 16.3. The molecule has 7 nitrogen and oxygen atoms in total. The molecule has 29 heavy (non-hydrogen) atoms. The van der Waals surface area contributed by atoms with E-state index in [1.807, 2.05) is 18.2 Å². The van der Waals surface area contributed by atoms with E-state index in [1.165, 1.54) is 11.0 Å². The fourth-order valence-corrected chi connectivity index (χ4v) is 2.75. The first-order valence-corrected chi connectivity index (χ1v) is 9.32. The first kappa shape index (κ1) is 20.3. The number of carbonyl (C=O) groups excluding carboxylic acids is 2. The molecule has 0 spiro atoms. The van der Waals surface area contributed by atoms with E-state index in [1.54, 1.807) is 44.5 Å². The van der Waals surface area contributed by atoms with Gasteiger partial charge in [-0.05, 0) is 48.0 Å². The van der Waals surface area contributed by atoms with Crippen LogP contribution < -0.4 is 19.5 Å². The van der Waals surface area contributed by atoms with Gasteiger partial charge in [-0.2, -0.15) is 0 Å². The van der Waals surface area contributed by atoms with Gasteiger partial charge in [0.1, 0.15) is 5.75 Å². The van der Waals surface area contributed by atoms with E-state index in [0.717, 1.165) is 12.0 Å². The summed E-state index contributed by atoms with van der Waals surface area (Å²) in [6.45, 7) is 1.17. The maximum Gasteiger partial charge on any atom is 0.246 e. The van der Waals surface area contributed by atoms with Crippen LogP contribution in [0.25, 0.3) is 6.08 Å². The van der Waals surface area contributed by atoms with Crippen LogP contribution in [0.1, 0.15) is 12.0 Å². The Hall–Kier alpha value is -3.48. The molecule has 2 aromatic rings. The van der Waals surface area contributed by atoms with Crippen molar-refractivity contribution < 1.29 is 23.8 Å². The molecular weight excluding hydrogens is 372 g/mol. The number of methoxy groups -OCH3 is 1. The van der Waals surface area contributed by atoms with Crippen LogP contribution >= 0.6 is 0 Å². The molecule has 3 rings (SSSR count). The van der Waals surface area contributed by atoms with Crippen LogP contribution in [0.5, 0.6) is 17.2 Å². The minimum atomic E-state index is -0.282. The number of nitrogens with one attached hydrogen (secondary N) is 1. The van der Waals surface area contributed by atoms with E-state index in [4.69, 9.17) is 14.2 Å². The Morgan fingerprint density at radius 2 is 1.83 bits per heavy atom. The molecule has 0 aliphatic carbocycles. The predicted octanol–water partition coefficient (Wildman–Crippen LogP) is 2.97. The van der Waals surface area contributed by atoms with Crippen molar-refractivity contribution in [3.8, 4) is 17.2 Å². The number of carbonyl (C=O) groups is 2. The first-order chi connectivity index (χ1) is 14.0. The van der Waals surface area contributed by atoms with Crippen molar-refractivity contribution in [2.24, 2.45) is 0 Å². The highest BCUT2D eigenvalue weighted by atomic mass is 16.5. The van der Waals surface area contributed by atoms with Crippen molar-refractivity contribution in [1.82, 2.24) is 4.90 Å². The van der Waals surface area contributed by atoms with Crippen LogP contribution in [-0.4, -0.2) is 50.6 Å². The Kier molecular flexibility index (Phi) is 6.73. The third-order valence-electron chi connectivity index (χ3n) is 4.32. The molecule has 0 bridgehead atoms. The first-order valence-electron chi connectivity index (χ1n) is 9.32. The van der Waals surface area contributed by atoms with E-state index in [9.17, 15) is 9.59 Å². The summed E-state index contributed by atoms with van der Waals surface area (Å²) in [5.41, 5.74) is 1.46. The molecule has 152 valence electrons. The number of hydrogen-bond acceptors (Lipinski definition) is 5. The Morgan fingerprint density at radius 1 is 1.10 bits per heavy atom. The maximum atomic E-state index is 12.3. The van der Waals surface area contributed by atoms with Crippen LogP contribution in [0.4, 0.5) is 5.69 Å². The van der Waals surface area contributed by atoms with Gasteiger partial charge in [-0.1, -0.05) is 6.07 Å². The molecular formula is C22H24N2O5. The van der Waals surface area contributed by atoms with Gasteiger partial charge in [-0.25, -0.2) is 0 Å². The van der Waals surface area contributed by atoms with E-state index in [2.05, 4.69) is 5.32 Å². The Bertz CT molecular complexity index is 893. The van der Waals surface area contributed by atoms with Gasteiger partial charge in [0.15, 0.2) is 11.5 Å². The number of rotatable bonds is 6. The lowest BCUT2D eigenvalue weighted by molar-refractivity contribution is -0.129. The fraction of sp³-hybridized carbons (Fsp3) is 0.273. The van der Waals surface area contributed by atoms with Crippen LogP contribution in [0.3, 0.4) is 0 Å². The average molecular weight is 396 g/mol. The summed E-state index contributed by atoms with van der Waals surface area (Å²) in [4.78, 5) is 25.8. The van der Waals surface area contributed by atoms with Gasteiger partial charge in [0.2, 0.25) is 11.8 Å². The second-order valence-corrected chi connectivity index (χ2v) is 6.56. The van der Waals surface area contributed by atoms with E-state index < -0.39 is 0 Å². The standard InChI is InChI=1S/C22H24N2O5/c1-24(15-21(25)23-17-6-8-18(27-2)9-7-17)22(26)11-5-16-4-10-19-20(14-16)29-13-3-12-28-19/h4-11,14H,3,12-13,15H2,1-2H3,(H,23,25). The highest BCUT2D eigenvalue weighted by Crippen LogP contribution is 2.30. The van der Waals surface area contributed by atoms with Gasteiger partial charge in [0.05, 0.1) is 26.9 Å². The zero-order valence-electron chi connectivity index (χ0n) is 16.5. The highest BCUT2D eigenvalue weighted by Gasteiger charge is 2.12. The summed E-state index contributed by atoms with van der Waals surface area (Å²) in [6.07, 6.45) is 3.95. The van der Waals surface area contributed by atoms with Gasteiger partial charge in [-0.15, -0.1) is 0 Å². The molecule has 0 unspecified atom stereocenters. The van der Waals surface area contributed by atoms with Gasteiger partial charge in [0.25, 0.3) is 0 Å². The lowest BCUT2D eigenvalue weighted by Gasteiger charge is -2.15. The molecule has 7 heteroatoms. The average Bonchev–Trinajstić information content (AvgIpc) is 2.97. The molecule has 0 aromatic heterocycles. The quantitative estimate of drug-likeness (QED) is 0.760. The predicted molar refractivity (Wildman–Crippen MR) is 110 cm³/mol. The summed E-state index contributed by atoms with van der Waals surface area (Å²) in [5, 5.41) is 2.75. The minimum absolute atomic E-state index is 0.0592. The molecule has 1 heterocycles. The van der Waals surface area contributed by atoms with E-state index in [0.29, 0.717) is 36.1 Å². The molecule has 2 amide bonds. The monoisotopic (exact) mass is 396 g/mol. The largest absolute Gasteiger partial charge is 0.497 e. The van der Waals surface area contributed by atoms with Crippen molar-refractivity contribution in [1.29, 1.82) is 0 Å². The molecule has 0 saturated carbocycles. The molecule has 0 atom stereocenters. The molecule has 0 saturated heterocycles. The van der Waals surface area contributed by atoms with Crippen LogP contribution in [-0.2, 0) is 9.59 Å². The lowest BCUT2D eigenvalue weighted by Crippen LogP contribution is -2.33. The fourth-order valence-electron chi connectivity index (χ4n) is 2.75. The molecule has 1 N–H and O–H groups in total. The van der Waals surface area contributed by atoms with Crippen LogP contribution in [0, 0.1) is 0 Å². The van der Waals surface area contributed by atoms with Crippen molar-refractivity contribution in [3.05, 3.63) is 54.1 Å². The number of amides is 2. The third-order valence-corrected chi connectivity index (χ3v) is 4.32. The number of benzene rings is 2. The zero-order valence-corrected chi connectivity index (χ0v) is 16.5. The number of anilines is 1. The molecule has 0 radical (unpaired) electrons. The highest BCUT2D eigenvalue weighted by molar-refractivity contribution is 5.97. The minimum Gasteiger partial charge on any atom is -0.497 e. The molecule has 1 aliphatic heterocycles. The SMILES string of the molecule is COc1ccc(NC(=O)CN(C)C(=O)C=Cc2ccc3c(c2)OCCCO3)cc1. The summed E-state index contributed by atoms with van der Waals surface area (Å²) in [7, 11) is 3.16. The Balaban J connectivity index is 1.54. The van der Waals surface area contributed by atoms with Crippen molar-refractivity contribution >= 4 is 23.6 Å². The normalized spacial score (nSPS) is 12.9. The van der Waals surface area contributed by atoms with E-state index in [-0.39, 0.29) is 18.4 Å². The number of hydrogen-bond donors (Lipinski definition) is 1. The van der Waals surface area contributed by atoms with Gasteiger partial charge >= 0.3 is 0 Å². The number of nitrogens with zero attached hydrogens (tertiary/aromatic N) is 1.